The Balaban J connectivity index is 0.937. The van der Waals surface area contributed by atoms with E-state index in [2.05, 4.69) is 77.2 Å². The lowest BCUT2D eigenvalue weighted by Gasteiger charge is -2.37. The number of aromatic amines is 1. The SMILES string of the molecule is CCN(CC)C1CCC(C(=O)N2CCC[C@H]2c2ncc(-c3ccc(-c4ccc(C5=CN=C([C@@H]6CCCN6C(=O)[C@H](C)CC(=O)OC)C5)cc4)cc3)[nH]2)CC1. The smallest absolute Gasteiger partial charge is 0.306 e. The standard InChI is InChI=1S/C44H56N6O4/c1-5-48(6-2)36-21-19-34(20-22-36)44(53)50-24-8-10-40(50)42-46-28-38(47-42)33-17-15-31(16-18-33)30-11-13-32(14-12-30)35-26-37(45-27-35)39-9-7-23-49(39)43(52)29(3)25-41(51)54-4/h11-18,27-29,34,36,39-40H,5-10,19-26H2,1-4H3,(H,46,47)/t29-,34?,36?,39+,40+/m1/s1. The molecule has 1 saturated carbocycles. The Morgan fingerprint density at radius 3 is 2.09 bits per heavy atom. The number of ether oxygens (including phenoxy) is 1. The zero-order chi connectivity index (χ0) is 37.8. The summed E-state index contributed by atoms with van der Waals surface area (Å²) in [6, 6.07) is 17.8. The Bertz CT molecular complexity index is 1850. The highest BCUT2D eigenvalue weighted by molar-refractivity contribution is 6.03. The Hall–Kier alpha value is -4.57. The molecule has 10 nitrogen and oxygen atoms in total. The quantitative estimate of drug-likeness (QED) is 0.191. The van der Waals surface area contributed by atoms with Crippen molar-refractivity contribution in [3.63, 3.8) is 0 Å². The fourth-order valence-corrected chi connectivity index (χ4v) is 9.26. The number of benzene rings is 2. The lowest BCUT2D eigenvalue weighted by Crippen LogP contribution is -2.43. The number of amides is 2. The minimum Gasteiger partial charge on any atom is -0.469 e. The molecule has 1 N–H and O–H groups in total. The molecule has 4 heterocycles. The van der Waals surface area contributed by atoms with Crippen LogP contribution in [-0.4, -0.2) is 93.5 Å². The van der Waals surface area contributed by atoms with Crippen LogP contribution in [0.2, 0.25) is 0 Å². The van der Waals surface area contributed by atoms with E-state index in [1.54, 1.807) is 6.92 Å². The highest BCUT2D eigenvalue weighted by atomic mass is 16.5. The number of H-pyrrole nitrogens is 1. The molecule has 0 radical (unpaired) electrons. The summed E-state index contributed by atoms with van der Waals surface area (Å²) in [5.41, 5.74) is 7.59. The molecule has 286 valence electrons. The third-order valence-corrected chi connectivity index (χ3v) is 12.4. The Labute approximate surface area is 320 Å². The summed E-state index contributed by atoms with van der Waals surface area (Å²) in [4.78, 5) is 58.4. The number of esters is 1. The van der Waals surface area contributed by atoms with Crippen LogP contribution in [0.5, 0.6) is 0 Å². The van der Waals surface area contributed by atoms with E-state index in [0.29, 0.717) is 24.9 Å². The average Bonchev–Trinajstić information content (AvgIpc) is 4.05. The summed E-state index contributed by atoms with van der Waals surface area (Å²) < 4.78 is 4.78. The van der Waals surface area contributed by atoms with Crippen LogP contribution in [0.1, 0.15) is 102 Å². The number of likely N-dealkylation sites (tertiary alicyclic amines) is 2. The number of nitrogens with one attached hydrogen (secondary N) is 1. The predicted molar refractivity (Wildman–Crippen MR) is 212 cm³/mol. The summed E-state index contributed by atoms with van der Waals surface area (Å²) in [5, 5.41) is 0. The van der Waals surface area contributed by atoms with Crippen molar-refractivity contribution in [2.75, 3.05) is 33.3 Å². The van der Waals surface area contributed by atoms with Crippen molar-refractivity contribution in [3.8, 4) is 22.4 Å². The highest BCUT2D eigenvalue weighted by Gasteiger charge is 2.38. The minimum absolute atomic E-state index is 0.00604. The van der Waals surface area contributed by atoms with Crippen LogP contribution >= 0.6 is 0 Å². The van der Waals surface area contributed by atoms with E-state index < -0.39 is 5.92 Å². The third-order valence-electron chi connectivity index (χ3n) is 12.4. The van der Waals surface area contributed by atoms with Gasteiger partial charge in [0.25, 0.3) is 0 Å². The van der Waals surface area contributed by atoms with Gasteiger partial charge in [0.15, 0.2) is 0 Å². The van der Waals surface area contributed by atoms with Crippen molar-refractivity contribution in [2.24, 2.45) is 16.8 Å². The minimum atomic E-state index is -0.413. The van der Waals surface area contributed by atoms with Gasteiger partial charge in [0, 0.05) is 49.3 Å². The number of nitrogens with zero attached hydrogens (tertiary/aromatic N) is 5. The van der Waals surface area contributed by atoms with Crippen LogP contribution in [0.15, 0.2) is 65.9 Å². The molecule has 3 aliphatic heterocycles. The number of methoxy groups -OCH3 is 1. The third kappa shape index (κ3) is 7.95. The van der Waals surface area contributed by atoms with Crippen LogP contribution in [-0.2, 0) is 19.1 Å². The van der Waals surface area contributed by atoms with Gasteiger partial charge in [-0.2, -0.15) is 0 Å². The van der Waals surface area contributed by atoms with Gasteiger partial charge < -0.3 is 24.4 Å². The first-order valence-corrected chi connectivity index (χ1v) is 20.2. The van der Waals surface area contributed by atoms with Crippen molar-refractivity contribution >= 4 is 29.1 Å². The zero-order valence-electron chi connectivity index (χ0n) is 32.4. The van der Waals surface area contributed by atoms with Crippen molar-refractivity contribution < 1.29 is 19.1 Å². The first kappa shape index (κ1) is 37.7. The largest absolute Gasteiger partial charge is 0.469 e. The van der Waals surface area contributed by atoms with E-state index in [1.807, 2.05) is 17.3 Å². The molecule has 0 spiro atoms. The molecule has 3 atom stereocenters. The molecule has 1 aromatic heterocycles. The monoisotopic (exact) mass is 732 g/mol. The van der Waals surface area contributed by atoms with Gasteiger partial charge in [0.05, 0.1) is 37.5 Å². The second-order valence-electron chi connectivity index (χ2n) is 15.6. The first-order chi connectivity index (χ1) is 26.3. The second kappa shape index (κ2) is 16.8. The molecule has 1 aliphatic carbocycles. The number of rotatable bonds is 12. The number of hydrogen-bond acceptors (Lipinski definition) is 7. The van der Waals surface area contributed by atoms with E-state index >= 15 is 0 Å². The number of imidazole rings is 1. The molecule has 3 aromatic rings. The molecule has 0 bridgehead atoms. The maximum atomic E-state index is 13.7. The number of carbonyl (C=O) groups is 3. The predicted octanol–water partition coefficient (Wildman–Crippen LogP) is 7.68. The van der Waals surface area contributed by atoms with Crippen molar-refractivity contribution in [1.82, 2.24) is 24.7 Å². The first-order valence-electron chi connectivity index (χ1n) is 20.2. The Morgan fingerprint density at radius 1 is 0.833 bits per heavy atom. The van der Waals surface area contributed by atoms with E-state index in [-0.39, 0.29) is 36.3 Å². The topological polar surface area (TPSA) is 111 Å². The van der Waals surface area contributed by atoms with E-state index in [4.69, 9.17) is 14.7 Å². The maximum absolute atomic E-state index is 13.7. The molecule has 2 aromatic carbocycles. The van der Waals surface area contributed by atoms with Gasteiger partial charge >= 0.3 is 5.97 Å². The van der Waals surface area contributed by atoms with Gasteiger partial charge in [-0.1, -0.05) is 69.3 Å². The van der Waals surface area contributed by atoms with Crippen molar-refractivity contribution in [1.29, 1.82) is 0 Å². The molecular formula is C44H56N6O4. The zero-order valence-corrected chi connectivity index (χ0v) is 32.4. The summed E-state index contributed by atoms with van der Waals surface area (Å²) in [5.74, 6) is 0.554. The molecule has 4 aliphatic rings. The fourth-order valence-electron chi connectivity index (χ4n) is 9.26. The Morgan fingerprint density at radius 2 is 1.44 bits per heavy atom. The summed E-state index contributed by atoms with van der Waals surface area (Å²) in [6.07, 6.45) is 12.6. The molecule has 54 heavy (non-hydrogen) atoms. The summed E-state index contributed by atoms with van der Waals surface area (Å²) in [6.45, 7) is 9.93. The maximum Gasteiger partial charge on any atom is 0.306 e. The van der Waals surface area contributed by atoms with Crippen LogP contribution in [0, 0.1) is 11.8 Å². The Kier molecular flexibility index (Phi) is 11.8. The number of aromatic nitrogens is 2. The number of aliphatic imine (C=N–C) groups is 1. The molecule has 0 unspecified atom stereocenters. The van der Waals surface area contributed by atoms with E-state index in [0.717, 1.165) is 116 Å². The van der Waals surface area contributed by atoms with Gasteiger partial charge in [-0.25, -0.2) is 4.98 Å². The molecule has 2 amide bonds. The van der Waals surface area contributed by atoms with E-state index in [1.165, 1.54) is 7.11 Å². The lowest BCUT2D eigenvalue weighted by atomic mass is 9.84. The van der Waals surface area contributed by atoms with Gasteiger partial charge in [0.2, 0.25) is 11.8 Å². The molecule has 10 heteroatoms. The van der Waals surface area contributed by atoms with Gasteiger partial charge in [-0.05, 0) is 92.3 Å². The van der Waals surface area contributed by atoms with Gasteiger partial charge in [0.1, 0.15) is 5.82 Å². The highest BCUT2D eigenvalue weighted by Crippen LogP contribution is 2.37. The fraction of sp³-hybridized carbons (Fsp3) is 0.523. The molecule has 2 saturated heterocycles. The normalized spacial score (nSPS) is 23.4. The molecule has 7 rings (SSSR count). The van der Waals surface area contributed by atoms with Gasteiger partial charge in [-0.3, -0.25) is 19.4 Å². The van der Waals surface area contributed by atoms with Crippen LogP contribution < -0.4 is 0 Å². The van der Waals surface area contributed by atoms with Crippen LogP contribution in [0.3, 0.4) is 0 Å². The van der Waals surface area contributed by atoms with E-state index in [9.17, 15) is 14.4 Å². The number of hydrogen-bond donors (Lipinski definition) is 1. The summed E-state index contributed by atoms with van der Waals surface area (Å²) in [7, 11) is 1.35. The number of allylic oxidation sites excluding steroid dienone is 1. The van der Waals surface area contributed by atoms with Crippen molar-refractivity contribution in [3.05, 3.63) is 72.3 Å². The van der Waals surface area contributed by atoms with Crippen LogP contribution in [0.4, 0.5) is 0 Å². The van der Waals surface area contributed by atoms with Crippen LogP contribution in [0.25, 0.3) is 28.0 Å². The average molecular weight is 733 g/mol. The summed E-state index contributed by atoms with van der Waals surface area (Å²) >= 11 is 0. The second-order valence-corrected chi connectivity index (χ2v) is 15.6. The lowest BCUT2D eigenvalue weighted by molar-refractivity contribution is -0.146. The molecule has 3 fully saturated rings. The van der Waals surface area contributed by atoms with Crippen molar-refractivity contribution in [2.45, 2.75) is 103 Å². The molecular weight excluding hydrogens is 677 g/mol. The van der Waals surface area contributed by atoms with Gasteiger partial charge in [-0.15, -0.1) is 0 Å². The number of carbonyl (C=O) groups excluding carboxylic acids is 3.